The maximum Gasteiger partial charge on any atom is 0.224 e. The van der Waals surface area contributed by atoms with Gasteiger partial charge in [0, 0.05) is 24.1 Å². The van der Waals surface area contributed by atoms with Gasteiger partial charge >= 0.3 is 0 Å². The fraction of sp³-hybridized carbons (Fsp3) is 0.412. The number of anilines is 1. The van der Waals surface area contributed by atoms with E-state index in [2.05, 4.69) is 10.5 Å². The van der Waals surface area contributed by atoms with E-state index in [9.17, 15) is 4.79 Å². The SMILES string of the molecule is Cc1noc(C)c1CCC(=O)Nc1ccc2c(c1)CC(C)O2. The number of carbonyl (C=O) groups is 1. The number of fused-ring (bicyclic) bond motifs is 1. The Morgan fingerprint density at radius 3 is 2.95 bits per heavy atom. The van der Waals surface area contributed by atoms with E-state index in [0.717, 1.165) is 40.4 Å². The minimum atomic E-state index is -0.00749. The minimum Gasteiger partial charge on any atom is -0.490 e. The molecule has 1 aromatic carbocycles. The van der Waals surface area contributed by atoms with Crippen molar-refractivity contribution in [3.05, 3.63) is 40.8 Å². The monoisotopic (exact) mass is 300 g/mol. The third-order valence-electron chi connectivity index (χ3n) is 3.96. The number of hydrogen-bond donors (Lipinski definition) is 1. The third-order valence-corrected chi connectivity index (χ3v) is 3.96. The van der Waals surface area contributed by atoms with E-state index in [1.165, 1.54) is 0 Å². The molecule has 2 heterocycles. The van der Waals surface area contributed by atoms with Crippen molar-refractivity contribution in [2.24, 2.45) is 0 Å². The van der Waals surface area contributed by atoms with Crippen LogP contribution in [0.2, 0.25) is 0 Å². The molecule has 1 unspecified atom stereocenters. The fourth-order valence-electron chi connectivity index (χ4n) is 2.82. The Morgan fingerprint density at radius 2 is 2.23 bits per heavy atom. The summed E-state index contributed by atoms with van der Waals surface area (Å²) in [6.07, 6.45) is 2.14. The average Bonchev–Trinajstić information content (AvgIpc) is 2.98. The molecule has 0 aliphatic carbocycles. The smallest absolute Gasteiger partial charge is 0.224 e. The molecule has 1 amide bonds. The zero-order chi connectivity index (χ0) is 15.7. The van der Waals surface area contributed by atoms with Gasteiger partial charge in [-0.25, -0.2) is 0 Å². The first-order chi connectivity index (χ1) is 10.5. The van der Waals surface area contributed by atoms with Crippen molar-refractivity contribution in [1.82, 2.24) is 5.16 Å². The largest absolute Gasteiger partial charge is 0.490 e. The zero-order valence-corrected chi connectivity index (χ0v) is 13.1. The number of carbonyl (C=O) groups excluding carboxylic acids is 1. The molecule has 0 spiro atoms. The molecule has 0 saturated carbocycles. The van der Waals surface area contributed by atoms with Crippen LogP contribution in [0.15, 0.2) is 22.7 Å². The van der Waals surface area contributed by atoms with Gasteiger partial charge in [-0.1, -0.05) is 5.16 Å². The van der Waals surface area contributed by atoms with Gasteiger partial charge in [0.15, 0.2) is 0 Å². The summed E-state index contributed by atoms with van der Waals surface area (Å²) in [5.41, 5.74) is 3.84. The molecule has 5 heteroatoms. The van der Waals surface area contributed by atoms with E-state index in [-0.39, 0.29) is 12.0 Å². The van der Waals surface area contributed by atoms with Crippen molar-refractivity contribution in [2.75, 3.05) is 5.32 Å². The first kappa shape index (κ1) is 14.6. The van der Waals surface area contributed by atoms with Crippen LogP contribution in [0.5, 0.6) is 5.75 Å². The molecule has 22 heavy (non-hydrogen) atoms. The fourth-order valence-corrected chi connectivity index (χ4v) is 2.82. The summed E-state index contributed by atoms with van der Waals surface area (Å²) in [6.45, 7) is 5.81. The highest BCUT2D eigenvalue weighted by molar-refractivity contribution is 5.91. The summed E-state index contributed by atoms with van der Waals surface area (Å²) >= 11 is 0. The third kappa shape index (κ3) is 2.98. The number of nitrogens with zero attached hydrogens (tertiary/aromatic N) is 1. The highest BCUT2D eigenvalue weighted by atomic mass is 16.5. The summed E-state index contributed by atoms with van der Waals surface area (Å²) in [6, 6.07) is 5.79. The molecule has 0 saturated heterocycles. The molecule has 1 aliphatic rings. The molecule has 1 atom stereocenters. The normalized spacial score (nSPS) is 16.2. The van der Waals surface area contributed by atoms with Gasteiger partial charge < -0.3 is 14.6 Å². The van der Waals surface area contributed by atoms with Crippen molar-refractivity contribution in [1.29, 1.82) is 0 Å². The Labute approximate surface area is 129 Å². The maximum absolute atomic E-state index is 12.1. The average molecular weight is 300 g/mol. The zero-order valence-electron chi connectivity index (χ0n) is 13.1. The van der Waals surface area contributed by atoms with E-state index >= 15 is 0 Å². The number of nitrogens with one attached hydrogen (secondary N) is 1. The first-order valence-corrected chi connectivity index (χ1v) is 7.54. The lowest BCUT2D eigenvalue weighted by atomic mass is 10.1. The Balaban J connectivity index is 1.60. The highest BCUT2D eigenvalue weighted by Crippen LogP contribution is 2.31. The van der Waals surface area contributed by atoms with Crippen molar-refractivity contribution >= 4 is 11.6 Å². The second kappa shape index (κ2) is 5.83. The maximum atomic E-state index is 12.1. The van der Waals surface area contributed by atoms with Crippen molar-refractivity contribution in [3.63, 3.8) is 0 Å². The van der Waals surface area contributed by atoms with E-state index in [1.54, 1.807) is 0 Å². The van der Waals surface area contributed by atoms with Gasteiger partial charge in [-0.15, -0.1) is 0 Å². The molecule has 3 rings (SSSR count). The van der Waals surface area contributed by atoms with Crippen LogP contribution < -0.4 is 10.1 Å². The predicted octanol–water partition coefficient (Wildman–Crippen LogP) is 3.19. The van der Waals surface area contributed by atoms with Crippen LogP contribution in [0, 0.1) is 13.8 Å². The summed E-state index contributed by atoms with van der Waals surface area (Å²) in [7, 11) is 0. The van der Waals surface area contributed by atoms with Crippen LogP contribution in [-0.2, 0) is 17.6 Å². The van der Waals surface area contributed by atoms with Crippen LogP contribution in [0.1, 0.15) is 35.9 Å². The second-order valence-electron chi connectivity index (χ2n) is 5.81. The molecule has 1 aliphatic heterocycles. The molecular weight excluding hydrogens is 280 g/mol. The van der Waals surface area contributed by atoms with Crippen molar-refractivity contribution < 1.29 is 14.1 Å². The molecule has 1 N–H and O–H groups in total. The summed E-state index contributed by atoms with van der Waals surface area (Å²) in [5.74, 6) is 1.70. The van der Waals surface area contributed by atoms with Crippen molar-refractivity contribution in [3.8, 4) is 5.75 Å². The van der Waals surface area contributed by atoms with E-state index in [1.807, 2.05) is 39.0 Å². The lowest BCUT2D eigenvalue weighted by Gasteiger charge is -2.07. The van der Waals surface area contributed by atoms with Crippen molar-refractivity contribution in [2.45, 2.75) is 46.1 Å². The van der Waals surface area contributed by atoms with Gasteiger partial charge in [0.2, 0.25) is 5.91 Å². The van der Waals surface area contributed by atoms with E-state index in [0.29, 0.717) is 12.8 Å². The summed E-state index contributed by atoms with van der Waals surface area (Å²) in [5, 5.41) is 6.85. The Bertz CT molecular complexity index is 686. The molecule has 5 nitrogen and oxygen atoms in total. The number of rotatable bonds is 4. The molecule has 0 bridgehead atoms. The summed E-state index contributed by atoms with van der Waals surface area (Å²) in [4.78, 5) is 12.1. The quantitative estimate of drug-likeness (QED) is 0.942. The van der Waals surface area contributed by atoms with Gasteiger partial charge in [0.1, 0.15) is 17.6 Å². The Hall–Kier alpha value is -2.30. The standard InChI is InChI=1S/C17H20N2O3/c1-10-8-13-9-14(4-6-16(13)21-10)18-17(20)7-5-15-11(2)19-22-12(15)3/h4,6,9-10H,5,7-8H2,1-3H3,(H,18,20). The predicted molar refractivity (Wildman–Crippen MR) is 83.2 cm³/mol. The molecule has 116 valence electrons. The van der Waals surface area contributed by atoms with Crippen LogP contribution in [-0.4, -0.2) is 17.2 Å². The Kier molecular flexibility index (Phi) is 3.88. The highest BCUT2D eigenvalue weighted by Gasteiger charge is 2.19. The van der Waals surface area contributed by atoms with Crippen LogP contribution in [0.4, 0.5) is 5.69 Å². The number of ether oxygens (including phenoxy) is 1. The number of amides is 1. The Morgan fingerprint density at radius 1 is 1.41 bits per heavy atom. The number of benzene rings is 1. The van der Waals surface area contributed by atoms with Crippen LogP contribution in [0.3, 0.4) is 0 Å². The second-order valence-corrected chi connectivity index (χ2v) is 5.81. The van der Waals surface area contributed by atoms with Gasteiger partial charge in [-0.3, -0.25) is 4.79 Å². The van der Waals surface area contributed by atoms with Gasteiger partial charge in [0.25, 0.3) is 0 Å². The first-order valence-electron chi connectivity index (χ1n) is 7.54. The number of hydrogen-bond acceptors (Lipinski definition) is 4. The minimum absolute atomic E-state index is 0.00749. The molecule has 0 fully saturated rings. The molecule has 1 aromatic heterocycles. The van der Waals surface area contributed by atoms with Gasteiger partial charge in [-0.05, 0) is 51.0 Å². The topological polar surface area (TPSA) is 64.4 Å². The lowest BCUT2D eigenvalue weighted by Crippen LogP contribution is -2.12. The molecule has 0 radical (unpaired) electrons. The summed E-state index contributed by atoms with van der Waals surface area (Å²) < 4.78 is 10.8. The van der Waals surface area contributed by atoms with E-state index in [4.69, 9.17) is 9.26 Å². The molecule has 2 aromatic rings. The lowest BCUT2D eigenvalue weighted by molar-refractivity contribution is -0.116. The van der Waals surface area contributed by atoms with Gasteiger partial charge in [-0.2, -0.15) is 0 Å². The van der Waals surface area contributed by atoms with E-state index < -0.39 is 0 Å². The molecular formula is C17H20N2O3. The van der Waals surface area contributed by atoms with Crippen LogP contribution >= 0.6 is 0 Å². The van der Waals surface area contributed by atoms with Crippen LogP contribution in [0.25, 0.3) is 0 Å². The number of aryl methyl sites for hydroxylation is 2. The number of aromatic nitrogens is 1. The van der Waals surface area contributed by atoms with Gasteiger partial charge in [0.05, 0.1) is 5.69 Å².